The van der Waals surface area contributed by atoms with Gasteiger partial charge in [-0.15, -0.1) is 0 Å². The molecule has 0 saturated carbocycles. The molecule has 7 heteroatoms. The number of halogens is 4. The summed E-state index contributed by atoms with van der Waals surface area (Å²) in [4.78, 5) is 0. The van der Waals surface area contributed by atoms with Gasteiger partial charge in [-0.1, -0.05) is 0 Å². The van der Waals surface area contributed by atoms with Crippen molar-refractivity contribution >= 4 is 28.3 Å². The van der Waals surface area contributed by atoms with Crippen LogP contribution in [0.3, 0.4) is 0 Å². The summed E-state index contributed by atoms with van der Waals surface area (Å²) >= 11 is 1.72. The molecule has 16 heavy (non-hydrogen) atoms. The maximum atomic E-state index is 12.5. The molecule has 1 aromatic rings. The predicted molar refractivity (Wildman–Crippen MR) is 61.1 cm³/mol. The van der Waals surface area contributed by atoms with Crippen molar-refractivity contribution in [3.05, 3.63) is 21.3 Å². The Morgan fingerprint density at radius 3 is 2.50 bits per heavy atom. The van der Waals surface area contributed by atoms with Gasteiger partial charge in [0.15, 0.2) is 6.79 Å². The molecule has 0 fully saturated rings. The third kappa shape index (κ3) is 3.14. The largest absolute Gasteiger partial charge is 0.465 e. The van der Waals surface area contributed by atoms with Crippen molar-refractivity contribution in [3.8, 4) is 5.75 Å². The molecule has 0 bridgehead atoms. The van der Waals surface area contributed by atoms with Gasteiger partial charge >= 0.3 is 6.18 Å². The fraction of sp³-hybridized carbons (Fsp3) is 0.333. The number of nitrogens with two attached hydrogens (primary N) is 1. The zero-order valence-corrected chi connectivity index (χ0v) is 10.4. The Balaban J connectivity index is 3.12. The Morgan fingerprint density at radius 1 is 1.38 bits per heavy atom. The quantitative estimate of drug-likeness (QED) is 0.520. The normalized spacial score (nSPS) is 11.6. The van der Waals surface area contributed by atoms with Crippen molar-refractivity contribution in [2.75, 3.05) is 19.6 Å². The molecule has 0 heterocycles. The van der Waals surface area contributed by atoms with Crippen LogP contribution >= 0.6 is 22.6 Å². The number of methoxy groups -OCH3 is 1. The van der Waals surface area contributed by atoms with E-state index in [1.807, 2.05) is 0 Å². The van der Waals surface area contributed by atoms with Crippen LogP contribution in [0.4, 0.5) is 18.9 Å². The van der Waals surface area contributed by atoms with Gasteiger partial charge in [-0.2, -0.15) is 13.2 Å². The van der Waals surface area contributed by atoms with Crippen molar-refractivity contribution in [1.82, 2.24) is 0 Å². The lowest BCUT2D eigenvalue weighted by Gasteiger charge is -2.13. The van der Waals surface area contributed by atoms with Gasteiger partial charge in [0.1, 0.15) is 5.75 Å². The van der Waals surface area contributed by atoms with E-state index in [1.54, 1.807) is 22.6 Å². The van der Waals surface area contributed by atoms with E-state index in [0.29, 0.717) is 3.57 Å². The van der Waals surface area contributed by atoms with E-state index in [4.69, 9.17) is 10.5 Å². The Morgan fingerprint density at radius 2 is 2.00 bits per heavy atom. The van der Waals surface area contributed by atoms with Crippen LogP contribution in [0.1, 0.15) is 5.56 Å². The van der Waals surface area contributed by atoms with E-state index in [-0.39, 0.29) is 18.2 Å². The number of hydrogen-bond donors (Lipinski definition) is 1. The van der Waals surface area contributed by atoms with E-state index < -0.39 is 11.7 Å². The van der Waals surface area contributed by atoms with Crippen LogP contribution in [0.25, 0.3) is 0 Å². The summed E-state index contributed by atoms with van der Waals surface area (Å²) < 4.78 is 47.3. The molecule has 90 valence electrons. The van der Waals surface area contributed by atoms with Gasteiger partial charge < -0.3 is 15.2 Å². The fourth-order valence-corrected chi connectivity index (χ4v) is 1.60. The van der Waals surface area contributed by atoms with Gasteiger partial charge in [-0.05, 0) is 34.7 Å². The lowest BCUT2D eigenvalue weighted by atomic mass is 10.2. The first kappa shape index (κ1) is 13.4. The summed E-state index contributed by atoms with van der Waals surface area (Å²) in [7, 11) is 1.37. The maximum Gasteiger partial charge on any atom is 0.416 e. The molecular formula is C9H9F3INO2. The summed E-state index contributed by atoms with van der Waals surface area (Å²) in [5.41, 5.74) is 4.96. The summed E-state index contributed by atoms with van der Waals surface area (Å²) in [6.07, 6.45) is -4.42. The molecule has 0 atom stereocenters. The lowest BCUT2D eigenvalue weighted by molar-refractivity contribution is -0.137. The second-order valence-electron chi connectivity index (χ2n) is 2.92. The minimum Gasteiger partial charge on any atom is -0.465 e. The van der Waals surface area contributed by atoms with Crippen LogP contribution in [0.15, 0.2) is 12.1 Å². The molecule has 0 aliphatic heterocycles. The number of hydrogen-bond acceptors (Lipinski definition) is 3. The van der Waals surface area contributed by atoms with Crippen LogP contribution in [0, 0.1) is 3.57 Å². The van der Waals surface area contributed by atoms with Crippen molar-refractivity contribution < 1.29 is 22.6 Å². The summed E-state index contributed by atoms with van der Waals surface area (Å²) in [5.74, 6) is -0.0268. The van der Waals surface area contributed by atoms with Crippen molar-refractivity contribution in [2.24, 2.45) is 0 Å². The van der Waals surface area contributed by atoms with E-state index in [1.165, 1.54) is 7.11 Å². The number of anilines is 1. The smallest absolute Gasteiger partial charge is 0.416 e. The SMILES string of the molecule is COCOc1cc(C(F)(F)F)cc(I)c1N. The number of alkyl halides is 3. The van der Waals surface area contributed by atoms with Gasteiger partial charge in [0.25, 0.3) is 0 Å². The minimum absolute atomic E-state index is 0.0268. The molecule has 0 aromatic heterocycles. The van der Waals surface area contributed by atoms with E-state index in [0.717, 1.165) is 12.1 Å². The molecule has 0 unspecified atom stereocenters. The van der Waals surface area contributed by atoms with Crippen molar-refractivity contribution in [2.45, 2.75) is 6.18 Å². The highest BCUT2D eigenvalue weighted by Crippen LogP contribution is 2.36. The average molecular weight is 347 g/mol. The van der Waals surface area contributed by atoms with Gasteiger partial charge in [-0.25, -0.2) is 0 Å². The topological polar surface area (TPSA) is 44.5 Å². The lowest BCUT2D eigenvalue weighted by Crippen LogP contribution is -2.09. The van der Waals surface area contributed by atoms with Gasteiger partial charge in [-0.3, -0.25) is 0 Å². The molecule has 3 nitrogen and oxygen atoms in total. The van der Waals surface area contributed by atoms with Crippen LogP contribution in [0.5, 0.6) is 5.75 Å². The predicted octanol–water partition coefficient (Wildman–Crippen LogP) is 2.87. The third-order valence-electron chi connectivity index (χ3n) is 1.75. The molecule has 2 N–H and O–H groups in total. The van der Waals surface area contributed by atoms with Crippen LogP contribution in [0.2, 0.25) is 0 Å². The van der Waals surface area contributed by atoms with Crippen LogP contribution < -0.4 is 10.5 Å². The first-order valence-corrected chi connectivity index (χ1v) is 5.22. The number of nitrogen functional groups attached to an aromatic ring is 1. The highest BCUT2D eigenvalue weighted by atomic mass is 127. The zero-order valence-electron chi connectivity index (χ0n) is 8.27. The average Bonchev–Trinajstić information content (AvgIpc) is 2.18. The Labute approximate surface area is 104 Å². The first-order valence-electron chi connectivity index (χ1n) is 4.14. The van der Waals surface area contributed by atoms with Gasteiger partial charge in [0, 0.05) is 10.7 Å². The first-order chi connectivity index (χ1) is 7.36. The molecule has 0 aliphatic rings. The molecule has 0 radical (unpaired) electrons. The molecule has 1 aromatic carbocycles. The van der Waals surface area contributed by atoms with E-state index in [2.05, 4.69) is 4.74 Å². The molecule has 0 amide bonds. The van der Waals surface area contributed by atoms with Crippen molar-refractivity contribution in [1.29, 1.82) is 0 Å². The van der Waals surface area contributed by atoms with Crippen molar-refractivity contribution in [3.63, 3.8) is 0 Å². The molecular weight excluding hydrogens is 338 g/mol. The molecule has 1 rings (SSSR count). The van der Waals surface area contributed by atoms with Gasteiger partial charge in [0.05, 0.1) is 11.3 Å². The summed E-state index contributed by atoms with van der Waals surface area (Å²) in [5, 5.41) is 0. The third-order valence-corrected chi connectivity index (χ3v) is 2.64. The highest BCUT2D eigenvalue weighted by molar-refractivity contribution is 14.1. The Bertz CT molecular complexity index is 382. The molecule has 0 aliphatic carbocycles. The zero-order chi connectivity index (χ0) is 12.3. The van der Waals surface area contributed by atoms with E-state index in [9.17, 15) is 13.2 Å². The second kappa shape index (κ2) is 5.09. The second-order valence-corrected chi connectivity index (χ2v) is 4.08. The monoisotopic (exact) mass is 347 g/mol. The number of ether oxygens (including phenoxy) is 2. The van der Waals surface area contributed by atoms with Crippen LogP contribution in [-0.2, 0) is 10.9 Å². The molecule has 0 saturated heterocycles. The fourth-order valence-electron chi connectivity index (χ4n) is 0.998. The van der Waals surface area contributed by atoms with Crippen LogP contribution in [-0.4, -0.2) is 13.9 Å². The Kier molecular flexibility index (Phi) is 4.25. The number of benzene rings is 1. The van der Waals surface area contributed by atoms with E-state index >= 15 is 0 Å². The van der Waals surface area contributed by atoms with Gasteiger partial charge in [0.2, 0.25) is 0 Å². The summed E-state index contributed by atoms with van der Waals surface area (Å²) in [6, 6.07) is 1.83. The molecule has 0 spiro atoms. The standard InChI is InChI=1S/C9H9F3INO2/c1-15-4-16-7-3-5(9(10,11)12)2-6(13)8(7)14/h2-3H,4,14H2,1H3. The number of rotatable bonds is 3. The summed E-state index contributed by atoms with van der Waals surface area (Å²) in [6.45, 7) is -0.151. The maximum absolute atomic E-state index is 12.5. The minimum atomic E-state index is -4.42. The highest BCUT2D eigenvalue weighted by Gasteiger charge is 2.32. The Hall–Kier alpha value is -0.700.